The van der Waals surface area contributed by atoms with E-state index < -0.39 is 40.5 Å². The summed E-state index contributed by atoms with van der Waals surface area (Å²) in [6, 6.07) is 4.95. The van der Waals surface area contributed by atoms with Crippen molar-refractivity contribution in [1.82, 2.24) is 5.32 Å². The first kappa shape index (κ1) is 18.5. The van der Waals surface area contributed by atoms with Crippen LogP contribution in [0.5, 0.6) is 0 Å². The third-order valence-electron chi connectivity index (χ3n) is 3.49. The number of aliphatic carboxylic acids is 1. The van der Waals surface area contributed by atoms with Crippen molar-refractivity contribution in [3.05, 3.63) is 34.7 Å². The maximum Gasteiger partial charge on any atom is 0.408 e. The molecule has 2 rings (SSSR count). The molecule has 9 nitrogen and oxygen atoms in total. The van der Waals surface area contributed by atoms with Gasteiger partial charge in [0.25, 0.3) is 0 Å². The number of nitrogens with one attached hydrogen (secondary N) is 1. The molecule has 0 aliphatic carbocycles. The number of carbonyl (C=O) groups excluding carboxylic acids is 2. The van der Waals surface area contributed by atoms with Crippen molar-refractivity contribution >= 4 is 33.9 Å². The summed E-state index contributed by atoms with van der Waals surface area (Å²) in [6.45, 7) is -0.537. The van der Waals surface area contributed by atoms with Crippen molar-refractivity contribution in [2.75, 3.05) is 6.61 Å². The normalized spacial score (nSPS) is 15.6. The summed E-state index contributed by atoms with van der Waals surface area (Å²) in [6.07, 6.45) is -0.151. The summed E-state index contributed by atoms with van der Waals surface area (Å²) in [5.41, 5.74) is 5.43. The zero-order chi connectivity index (χ0) is 18.6. The lowest BCUT2D eigenvalue weighted by atomic mass is 10.1. The largest absolute Gasteiger partial charge is 0.480 e. The number of amides is 2. The highest BCUT2D eigenvalue weighted by Crippen LogP contribution is 2.32. The summed E-state index contributed by atoms with van der Waals surface area (Å²) in [7, 11) is -3.73. The number of hydrogen-bond donors (Lipinski definition) is 3. The van der Waals surface area contributed by atoms with Gasteiger partial charge in [0.05, 0.1) is 9.80 Å². The van der Waals surface area contributed by atoms with Gasteiger partial charge in [-0.1, -0.05) is 18.2 Å². The molecule has 0 radical (unpaired) electrons. The first-order valence-electron chi connectivity index (χ1n) is 7.21. The second-order valence-electron chi connectivity index (χ2n) is 5.27. The molecule has 0 unspecified atom stereocenters. The van der Waals surface area contributed by atoms with E-state index in [-0.39, 0.29) is 22.6 Å². The zero-order valence-electron chi connectivity index (χ0n) is 13.0. The van der Waals surface area contributed by atoms with E-state index in [1.165, 1.54) is 12.1 Å². The van der Waals surface area contributed by atoms with Gasteiger partial charge in [-0.3, -0.25) is 4.79 Å². The number of rotatable bonds is 7. The van der Waals surface area contributed by atoms with E-state index in [4.69, 9.17) is 15.6 Å². The smallest absolute Gasteiger partial charge is 0.408 e. The molecule has 10 heteroatoms. The fourth-order valence-electron chi connectivity index (χ4n) is 2.22. The van der Waals surface area contributed by atoms with Crippen molar-refractivity contribution in [1.29, 1.82) is 0 Å². The van der Waals surface area contributed by atoms with Crippen LogP contribution in [0.4, 0.5) is 4.79 Å². The van der Waals surface area contributed by atoms with E-state index in [2.05, 4.69) is 5.32 Å². The Kier molecular flexibility index (Phi) is 5.42. The summed E-state index contributed by atoms with van der Waals surface area (Å²) < 4.78 is 29.4. The van der Waals surface area contributed by atoms with E-state index in [1.54, 1.807) is 18.2 Å². The van der Waals surface area contributed by atoms with Gasteiger partial charge in [0.2, 0.25) is 15.7 Å². The molecule has 0 fully saturated rings. The number of carbonyl (C=O) groups is 3. The molecule has 0 bridgehead atoms. The lowest BCUT2D eigenvalue weighted by Crippen LogP contribution is -2.41. The van der Waals surface area contributed by atoms with Crippen LogP contribution in [-0.2, 0) is 24.2 Å². The first-order chi connectivity index (χ1) is 11.7. The predicted molar refractivity (Wildman–Crippen MR) is 85.9 cm³/mol. The van der Waals surface area contributed by atoms with Crippen LogP contribution in [0.25, 0.3) is 6.08 Å². The average Bonchev–Trinajstić information content (AvgIpc) is 2.80. The van der Waals surface area contributed by atoms with E-state index in [0.717, 1.165) is 0 Å². The monoisotopic (exact) mass is 368 g/mol. The van der Waals surface area contributed by atoms with Crippen LogP contribution in [-0.4, -0.2) is 44.1 Å². The lowest BCUT2D eigenvalue weighted by molar-refractivity contribution is -0.139. The third kappa shape index (κ3) is 4.35. The maximum absolute atomic E-state index is 12.3. The van der Waals surface area contributed by atoms with Crippen LogP contribution < -0.4 is 11.1 Å². The van der Waals surface area contributed by atoms with Gasteiger partial charge in [-0.05, 0) is 24.1 Å². The molecule has 1 aromatic rings. The average molecular weight is 368 g/mol. The minimum Gasteiger partial charge on any atom is -0.480 e. The molecular formula is C15H16N2O7S. The quantitative estimate of drug-likeness (QED) is 0.624. The third-order valence-corrected chi connectivity index (χ3v) is 5.36. The Hall–Kier alpha value is -2.88. The van der Waals surface area contributed by atoms with Crippen molar-refractivity contribution in [3.8, 4) is 0 Å². The van der Waals surface area contributed by atoms with Gasteiger partial charge in [0.1, 0.15) is 12.6 Å². The second kappa shape index (κ2) is 7.34. The molecule has 1 atom stereocenters. The lowest BCUT2D eigenvalue weighted by Gasteiger charge is -2.14. The number of carboxylic acid groups (broad SMARTS) is 1. The zero-order valence-corrected chi connectivity index (χ0v) is 13.8. The number of nitrogens with two attached hydrogens (primary N) is 1. The Morgan fingerprint density at radius 3 is 2.52 bits per heavy atom. The Labute approximate surface area is 143 Å². The highest BCUT2D eigenvalue weighted by atomic mass is 32.2. The molecule has 4 N–H and O–H groups in total. The van der Waals surface area contributed by atoms with Crippen molar-refractivity contribution in [2.24, 2.45) is 5.73 Å². The molecule has 1 heterocycles. The van der Waals surface area contributed by atoms with Crippen LogP contribution in [0.2, 0.25) is 0 Å². The number of ether oxygens (including phenoxy) is 1. The van der Waals surface area contributed by atoms with Gasteiger partial charge >= 0.3 is 12.1 Å². The highest BCUT2D eigenvalue weighted by Gasteiger charge is 2.30. The maximum atomic E-state index is 12.3. The van der Waals surface area contributed by atoms with Gasteiger partial charge < -0.3 is 20.9 Å². The van der Waals surface area contributed by atoms with Gasteiger partial charge in [0.15, 0.2) is 0 Å². The molecule has 25 heavy (non-hydrogen) atoms. The van der Waals surface area contributed by atoms with Crippen LogP contribution >= 0.6 is 0 Å². The molecule has 0 aromatic heterocycles. The molecule has 1 aliphatic heterocycles. The number of fused-ring (bicyclic) bond motifs is 1. The van der Waals surface area contributed by atoms with E-state index in [1.807, 2.05) is 0 Å². The number of carboxylic acids is 1. The minimum absolute atomic E-state index is 0.104. The molecule has 1 aromatic carbocycles. The fraction of sp³-hybridized carbons (Fsp3) is 0.267. The summed E-state index contributed by atoms with van der Waals surface area (Å²) >= 11 is 0. The van der Waals surface area contributed by atoms with Crippen LogP contribution in [0, 0.1) is 0 Å². The number of sulfone groups is 1. The van der Waals surface area contributed by atoms with Gasteiger partial charge in [-0.2, -0.15) is 0 Å². The Morgan fingerprint density at radius 2 is 1.92 bits per heavy atom. The first-order valence-corrected chi connectivity index (χ1v) is 8.69. The minimum atomic E-state index is -3.73. The van der Waals surface area contributed by atoms with E-state index in [0.29, 0.717) is 5.56 Å². The summed E-state index contributed by atoms with van der Waals surface area (Å²) in [5, 5.41) is 11.0. The number of hydrogen-bond acceptors (Lipinski definition) is 6. The summed E-state index contributed by atoms with van der Waals surface area (Å²) in [4.78, 5) is 33.5. The molecule has 2 amide bonds. The van der Waals surface area contributed by atoms with Crippen LogP contribution in [0.1, 0.15) is 18.4 Å². The van der Waals surface area contributed by atoms with Gasteiger partial charge in [0, 0.05) is 6.42 Å². The SMILES string of the molecule is NC(=O)CC[C@H](NC(=O)OCC1=Cc2ccccc2S1(=O)=O)C(=O)O. The molecule has 0 spiro atoms. The molecular weight excluding hydrogens is 352 g/mol. The Morgan fingerprint density at radius 1 is 1.24 bits per heavy atom. The topological polar surface area (TPSA) is 153 Å². The molecule has 0 saturated carbocycles. The van der Waals surface area contributed by atoms with E-state index in [9.17, 15) is 22.8 Å². The van der Waals surface area contributed by atoms with Crippen molar-refractivity contribution in [2.45, 2.75) is 23.8 Å². The van der Waals surface area contributed by atoms with Gasteiger partial charge in [-0.15, -0.1) is 0 Å². The van der Waals surface area contributed by atoms with Crippen molar-refractivity contribution < 1.29 is 32.6 Å². The van der Waals surface area contributed by atoms with E-state index >= 15 is 0 Å². The van der Waals surface area contributed by atoms with Gasteiger partial charge in [-0.25, -0.2) is 18.0 Å². The second-order valence-corrected chi connectivity index (χ2v) is 7.24. The fourth-order valence-corrected chi connectivity index (χ4v) is 3.69. The molecule has 1 aliphatic rings. The molecule has 0 saturated heterocycles. The number of alkyl carbamates (subject to hydrolysis) is 1. The highest BCUT2D eigenvalue weighted by molar-refractivity contribution is 7.95. The summed E-state index contributed by atoms with van der Waals surface area (Å²) in [5.74, 6) is -2.07. The number of primary amides is 1. The molecule has 134 valence electrons. The number of benzene rings is 1. The standard InChI is InChI=1S/C15H16N2O7S/c16-13(18)6-5-11(14(19)20)17-15(21)24-8-10-7-9-3-1-2-4-12(9)25(10,22)23/h1-4,7,11H,5-6,8H2,(H2,16,18)(H,17,21)(H,19,20)/t11-/m0/s1. The van der Waals surface area contributed by atoms with Crippen molar-refractivity contribution in [3.63, 3.8) is 0 Å². The van der Waals surface area contributed by atoms with Crippen LogP contribution in [0.3, 0.4) is 0 Å². The predicted octanol–water partition coefficient (Wildman–Crippen LogP) is 0.260. The Bertz CT molecular complexity index is 845. The van der Waals surface area contributed by atoms with Crippen LogP contribution in [0.15, 0.2) is 34.1 Å². The Balaban J connectivity index is 1.96.